The predicted octanol–water partition coefficient (Wildman–Crippen LogP) is 1.91. The molecule has 11 heteroatoms. The zero-order chi connectivity index (χ0) is 16.6. The van der Waals surface area contributed by atoms with Gasteiger partial charge in [-0.25, -0.2) is 8.42 Å². The number of hydrogen-bond donors (Lipinski definition) is 0. The second kappa shape index (κ2) is 6.06. The first-order valence-corrected chi connectivity index (χ1v) is 9.93. The molecule has 1 fully saturated rings. The molecule has 0 aliphatic carbocycles. The van der Waals surface area contributed by atoms with Crippen LogP contribution in [0.1, 0.15) is 24.1 Å². The van der Waals surface area contributed by atoms with Gasteiger partial charge in [0.1, 0.15) is 0 Å². The molecular formula is C13H12N4O5S2. The van der Waals surface area contributed by atoms with E-state index in [2.05, 4.69) is 20.4 Å². The summed E-state index contributed by atoms with van der Waals surface area (Å²) in [5, 5.41) is 16.0. The van der Waals surface area contributed by atoms with Crippen LogP contribution < -0.4 is 0 Å². The SMILES string of the molecule is O=S1(=O)CCC(c2nnc(SCc3nnc(-c4ccco4)o3)o2)C1. The molecule has 0 amide bonds. The zero-order valence-corrected chi connectivity index (χ0v) is 13.9. The fourth-order valence-corrected chi connectivity index (χ4v) is 4.71. The largest absolute Gasteiger partial charge is 0.459 e. The maximum absolute atomic E-state index is 11.5. The number of rotatable bonds is 5. The van der Waals surface area contributed by atoms with Crippen molar-refractivity contribution in [1.82, 2.24) is 20.4 Å². The van der Waals surface area contributed by atoms with Gasteiger partial charge in [0.05, 0.1) is 29.4 Å². The van der Waals surface area contributed by atoms with Crippen molar-refractivity contribution in [2.45, 2.75) is 23.3 Å². The molecule has 0 radical (unpaired) electrons. The number of aromatic nitrogens is 4. The van der Waals surface area contributed by atoms with E-state index in [1.54, 1.807) is 12.1 Å². The van der Waals surface area contributed by atoms with Crippen LogP contribution in [-0.4, -0.2) is 40.3 Å². The number of furan rings is 1. The third-order valence-electron chi connectivity index (χ3n) is 3.52. The highest BCUT2D eigenvalue weighted by Crippen LogP contribution is 2.30. The molecule has 0 saturated carbocycles. The summed E-state index contributed by atoms with van der Waals surface area (Å²) >= 11 is 1.25. The van der Waals surface area contributed by atoms with E-state index < -0.39 is 9.84 Å². The average molecular weight is 368 g/mol. The second-order valence-corrected chi connectivity index (χ2v) is 8.43. The van der Waals surface area contributed by atoms with E-state index in [9.17, 15) is 8.42 Å². The van der Waals surface area contributed by atoms with Crippen molar-refractivity contribution in [2.24, 2.45) is 0 Å². The molecule has 1 aliphatic rings. The van der Waals surface area contributed by atoms with E-state index >= 15 is 0 Å². The van der Waals surface area contributed by atoms with E-state index in [0.29, 0.717) is 40.8 Å². The van der Waals surface area contributed by atoms with E-state index in [1.807, 2.05) is 0 Å². The van der Waals surface area contributed by atoms with Crippen LogP contribution >= 0.6 is 11.8 Å². The van der Waals surface area contributed by atoms with Crippen LogP contribution in [0.25, 0.3) is 11.7 Å². The van der Waals surface area contributed by atoms with E-state index in [4.69, 9.17) is 13.3 Å². The van der Waals surface area contributed by atoms with Gasteiger partial charge in [-0.05, 0) is 18.6 Å². The third-order valence-corrected chi connectivity index (χ3v) is 6.09. The van der Waals surface area contributed by atoms with Crippen molar-refractivity contribution in [1.29, 1.82) is 0 Å². The molecule has 0 bridgehead atoms. The number of nitrogens with zero attached hydrogens (tertiary/aromatic N) is 4. The molecule has 0 N–H and O–H groups in total. The van der Waals surface area contributed by atoms with Crippen molar-refractivity contribution >= 4 is 21.6 Å². The highest BCUT2D eigenvalue weighted by Gasteiger charge is 2.32. The van der Waals surface area contributed by atoms with Crippen molar-refractivity contribution in [2.75, 3.05) is 11.5 Å². The lowest BCUT2D eigenvalue weighted by Gasteiger charge is -1.98. The Morgan fingerprint density at radius 3 is 2.88 bits per heavy atom. The van der Waals surface area contributed by atoms with Crippen LogP contribution in [0.3, 0.4) is 0 Å². The molecule has 126 valence electrons. The Bertz CT molecular complexity index is 931. The Kier molecular flexibility index (Phi) is 3.88. The quantitative estimate of drug-likeness (QED) is 0.616. The third kappa shape index (κ3) is 3.22. The molecule has 3 aromatic heterocycles. The summed E-state index contributed by atoms with van der Waals surface area (Å²) in [5.74, 6) is 1.94. The van der Waals surface area contributed by atoms with Gasteiger partial charge in [-0.2, -0.15) is 0 Å². The Morgan fingerprint density at radius 1 is 1.21 bits per heavy atom. The summed E-state index contributed by atoms with van der Waals surface area (Å²) in [4.78, 5) is 0. The van der Waals surface area contributed by atoms with Crippen LogP contribution in [0.5, 0.6) is 0 Å². The normalized spacial score (nSPS) is 19.8. The van der Waals surface area contributed by atoms with Crippen LogP contribution in [-0.2, 0) is 15.6 Å². The maximum atomic E-state index is 11.5. The smallest absolute Gasteiger partial charge is 0.283 e. The molecule has 1 aliphatic heterocycles. The summed E-state index contributed by atoms with van der Waals surface area (Å²) in [6.45, 7) is 0. The Morgan fingerprint density at radius 2 is 2.12 bits per heavy atom. The van der Waals surface area contributed by atoms with Crippen LogP contribution in [0.2, 0.25) is 0 Å². The van der Waals surface area contributed by atoms with Gasteiger partial charge in [-0.1, -0.05) is 11.8 Å². The van der Waals surface area contributed by atoms with Gasteiger partial charge >= 0.3 is 0 Å². The van der Waals surface area contributed by atoms with Crippen molar-refractivity contribution in [3.63, 3.8) is 0 Å². The molecule has 24 heavy (non-hydrogen) atoms. The summed E-state index contributed by atoms with van der Waals surface area (Å²) in [5.41, 5.74) is 0. The monoisotopic (exact) mass is 368 g/mol. The van der Waals surface area contributed by atoms with Crippen LogP contribution in [0, 0.1) is 0 Å². The van der Waals surface area contributed by atoms with E-state index in [1.165, 1.54) is 18.0 Å². The number of sulfone groups is 1. The predicted molar refractivity (Wildman–Crippen MR) is 81.9 cm³/mol. The van der Waals surface area contributed by atoms with Gasteiger partial charge in [0.25, 0.3) is 11.1 Å². The van der Waals surface area contributed by atoms with Crippen molar-refractivity contribution < 1.29 is 21.7 Å². The topological polar surface area (TPSA) is 125 Å². The minimum atomic E-state index is -2.99. The molecule has 4 rings (SSSR count). The van der Waals surface area contributed by atoms with E-state index in [-0.39, 0.29) is 17.4 Å². The zero-order valence-electron chi connectivity index (χ0n) is 12.3. The first-order chi connectivity index (χ1) is 11.6. The van der Waals surface area contributed by atoms with Crippen molar-refractivity contribution in [3.8, 4) is 11.7 Å². The summed E-state index contributed by atoms with van der Waals surface area (Å²) in [7, 11) is -2.99. The van der Waals surface area contributed by atoms with E-state index in [0.717, 1.165) is 0 Å². The standard InChI is InChI=1S/C13H12N4O5S2/c18-24(19)5-3-8(7-24)11-15-17-13(22-11)23-6-10-14-16-12(21-10)9-2-1-4-20-9/h1-2,4,8H,3,5-7H2. The van der Waals surface area contributed by atoms with Gasteiger partial charge in [-0.15, -0.1) is 20.4 Å². The number of hydrogen-bond acceptors (Lipinski definition) is 10. The van der Waals surface area contributed by atoms with Gasteiger partial charge in [0, 0.05) is 0 Å². The van der Waals surface area contributed by atoms with Gasteiger partial charge in [0.2, 0.25) is 11.8 Å². The van der Waals surface area contributed by atoms with Crippen LogP contribution in [0.15, 0.2) is 36.9 Å². The molecule has 1 saturated heterocycles. The molecule has 4 heterocycles. The lowest BCUT2D eigenvalue weighted by molar-refractivity contribution is 0.392. The lowest BCUT2D eigenvalue weighted by Crippen LogP contribution is -2.03. The summed E-state index contributed by atoms with van der Waals surface area (Å²) in [6.07, 6.45) is 2.04. The first-order valence-electron chi connectivity index (χ1n) is 7.12. The second-order valence-electron chi connectivity index (χ2n) is 5.27. The van der Waals surface area contributed by atoms with Crippen molar-refractivity contribution in [3.05, 3.63) is 30.2 Å². The Hall–Kier alpha value is -2.14. The van der Waals surface area contributed by atoms with Gasteiger partial charge in [0.15, 0.2) is 15.6 Å². The highest BCUT2D eigenvalue weighted by molar-refractivity contribution is 7.98. The fraction of sp³-hybridized carbons (Fsp3) is 0.385. The Labute approximate surface area is 140 Å². The lowest BCUT2D eigenvalue weighted by atomic mass is 10.1. The number of thioether (sulfide) groups is 1. The minimum absolute atomic E-state index is 0.0649. The van der Waals surface area contributed by atoms with Gasteiger partial charge in [-0.3, -0.25) is 0 Å². The molecule has 3 aromatic rings. The van der Waals surface area contributed by atoms with Gasteiger partial charge < -0.3 is 13.3 Å². The molecule has 9 nitrogen and oxygen atoms in total. The highest BCUT2D eigenvalue weighted by atomic mass is 32.2. The van der Waals surface area contributed by atoms with Crippen LogP contribution in [0.4, 0.5) is 0 Å². The minimum Gasteiger partial charge on any atom is -0.459 e. The molecule has 0 spiro atoms. The molecule has 0 aromatic carbocycles. The molecule has 1 unspecified atom stereocenters. The maximum Gasteiger partial charge on any atom is 0.283 e. The average Bonchev–Trinajstić information content (AvgIpc) is 3.32. The summed E-state index contributed by atoms with van der Waals surface area (Å²) < 4.78 is 39.2. The fourth-order valence-electron chi connectivity index (χ4n) is 2.37. The Balaban J connectivity index is 1.38. The molecular weight excluding hydrogens is 356 g/mol. The molecule has 1 atom stereocenters. The first kappa shape index (κ1) is 15.4. The summed E-state index contributed by atoms with van der Waals surface area (Å²) in [6, 6.07) is 3.46.